The fraction of sp³-hybridized carbons (Fsp3) is 0.500. The predicted molar refractivity (Wildman–Crippen MR) is 39.9 cm³/mol. The lowest BCUT2D eigenvalue weighted by molar-refractivity contribution is 0.118. The number of alkyl halides is 2. The Bertz CT molecular complexity index is 200. The third-order valence-corrected chi connectivity index (χ3v) is 2.28. The Hall–Kier alpha value is -0.550. The number of nitrogens with two attached hydrogens (primary N) is 1. The lowest BCUT2D eigenvalue weighted by Gasteiger charge is -2.09. The maximum absolute atomic E-state index is 12.2. The summed E-state index contributed by atoms with van der Waals surface area (Å²) in [7, 11) is 0. The number of nitrogens with zero attached hydrogens (tertiary/aromatic N) is 1. The molecular formula is C6H8F2N2S. The first kappa shape index (κ1) is 8.55. The van der Waals surface area contributed by atoms with Gasteiger partial charge in [0.25, 0.3) is 0 Å². The van der Waals surface area contributed by atoms with E-state index in [9.17, 15) is 8.78 Å². The van der Waals surface area contributed by atoms with Crippen LogP contribution in [0.1, 0.15) is 10.8 Å². The minimum absolute atomic E-state index is 0.0279. The molecule has 0 aliphatic heterocycles. The van der Waals surface area contributed by atoms with Crippen molar-refractivity contribution in [2.24, 2.45) is 5.73 Å². The van der Waals surface area contributed by atoms with E-state index >= 15 is 0 Å². The highest BCUT2D eigenvalue weighted by Crippen LogP contribution is 2.24. The molecule has 0 aliphatic rings. The molecule has 1 aromatic rings. The van der Waals surface area contributed by atoms with Crippen molar-refractivity contribution < 1.29 is 8.78 Å². The van der Waals surface area contributed by atoms with Crippen LogP contribution in [0, 0.1) is 0 Å². The van der Waals surface area contributed by atoms with Crippen LogP contribution in [0.3, 0.4) is 0 Å². The number of halogens is 2. The van der Waals surface area contributed by atoms with Gasteiger partial charge < -0.3 is 5.73 Å². The van der Waals surface area contributed by atoms with Crippen molar-refractivity contribution in [3.05, 3.63) is 16.6 Å². The second kappa shape index (κ2) is 3.73. The number of rotatable bonds is 3. The Morgan fingerprint density at radius 1 is 1.64 bits per heavy atom. The van der Waals surface area contributed by atoms with E-state index in [2.05, 4.69) is 4.98 Å². The van der Waals surface area contributed by atoms with Gasteiger partial charge in [-0.1, -0.05) is 0 Å². The summed E-state index contributed by atoms with van der Waals surface area (Å²) >= 11 is 1.21. The molecule has 0 aliphatic carbocycles. The standard InChI is InChI=1S/C6H8F2N2S/c7-6(8)4(1-9)5-2-10-3-11-5/h2-4,6H,1,9H2. The van der Waals surface area contributed by atoms with Crippen molar-refractivity contribution in [3.63, 3.8) is 0 Å². The van der Waals surface area contributed by atoms with Crippen LogP contribution in [0.4, 0.5) is 8.78 Å². The van der Waals surface area contributed by atoms with Crippen molar-refractivity contribution in [1.82, 2.24) is 4.98 Å². The van der Waals surface area contributed by atoms with Crippen molar-refractivity contribution in [2.45, 2.75) is 12.3 Å². The highest BCUT2D eigenvalue weighted by atomic mass is 32.1. The maximum Gasteiger partial charge on any atom is 0.247 e. The van der Waals surface area contributed by atoms with E-state index in [-0.39, 0.29) is 6.54 Å². The summed E-state index contributed by atoms with van der Waals surface area (Å²) in [4.78, 5) is 4.26. The van der Waals surface area contributed by atoms with Crippen LogP contribution in [0.5, 0.6) is 0 Å². The van der Waals surface area contributed by atoms with E-state index in [4.69, 9.17) is 5.73 Å². The third-order valence-electron chi connectivity index (χ3n) is 1.37. The highest BCUT2D eigenvalue weighted by Gasteiger charge is 2.21. The van der Waals surface area contributed by atoms with Gasteiger partial charge in [0.1, 0.15) is 0 Å². The number of thiazole rings is 1. The van der Waals surface area contributed by atoms with Gasteiger partial charge >= 0.3 is 0 Å². The molecule has 2 nitrogen and oxygen atoms in total. The van der Waals surface area contributed by atoms with Gasteiger partial charge in [0.05, 0.1) is 11.4 Å². The molecule has 1 aromatic heterocycles. The molecule has 1 unspecified atom stereocenters. The first-order valence-electron chi connectivity index (χ1n) is 3.12. The number of aromatic nitrogens is 1. The van der Waals surface area contributed by atoms with Crippen molar-refractivity contribution >= 4 is 11.3 Å². The summed E-state index contributed by atoms with van der Waals surface area (Å²) in [6, 6.07) is 0. The molecule has 1 heterocycles. The fourth-order valence-electron chi connectivity index (χ4n) is 0.752. The molecule has 1 rings (SSSR count). The van der Waals surface area contributed by atoms with Gasteiger partial charge in [-0.05, 0) is 0 Å². The number of hydrogen-bond acceptors (Lipinski definition) is 3. The Morgan fingerprint density at radius 3 is 2.73 bits per heavy atom. The Morgan fingerprint density at radius 2 is 2.36 bits per heavy atom. The second-order valence-corrected chi connectivity index (χ2v) is 3.00. The largest absolute Gasteiger partial charge is 0.330 e. The smallest absolute Gasteiger partial charge is 0.247 e. The quantitative estimate of drug-likeness (QED) is 0.760. The molecule has 0 amide bonds. The molecular weight excluding hydrogens is 170 g/mol. The molecule has 0 aromatic carbocycles. The van der Waals surface area contributed by atoms with Crippen LogP contribution in [-0.2, 0) is 0 Å². The molecule has 5 heteroatoms. The highest BCUT2D eigenvalue weighted by molar-refractivity contribution is 7.09. The SMILES string of the molecule is NCC(c1cncs1)C(F)F. The second-order valence-electron chi connectivity index (χ2n) is 2.08. The molecule has 2 N–H and O–H groups in total. The van der Waals surface area contributed by atoms with Crippen LogP contribution < -0.4 is 5.73 Å². The topological polar surface area (TPSA) is 38.9 Å². The van der Waals surface area contributed by atoms with Crippen LogP contribution in [0.25, 0.3) is 0 Å². The Balaban J connectivity index is 2.71. The predicted octanol–water partition coefficient (Wildman–Crippen LogP) is 1.45. The molecule has 0 radical (unpaired) electrons. The fourth-order valence-corrected chi connectivity index (χ4v) is 1.49. The van der Waals surface area contributed by atoms with E-state index < -0.39 is 12.3 Å². The summed E-state index contributed by atoms with van der Waals surface area (Å²) in [5, 5.41) is 0. The van der Waals surface area contributed by atoms with Gasteiger partial charge in [-0.2, -0.15) is 0 Å². The zero-order valence-electron chi connectivity index (χ0n) is 5.71. The molecule has 0 fully saturated rings. The molecule has 0 saturated heterocycles. The zero-order chi connectivity index (χ0) is 8.27. The minimum atomic E-state index is -2.39. The average molecular weight is 178 g/mol. The summed E-state index contributed by atoms with van der Waals surface area (Å²) in [5.74, 6) is -0.845. The van der Waals surface area contributed by atoms with Gasteiger partial charge in [-0.25, -0.2) is 8.78 Å². The summed E-state index contributed by atoms with van der Waals surface area (Å²) in [6.45, 7) is -0.0279. The van der Waals surface area contributed by atoms with E-state index in [1.165, 1.54) is 23.0 Å². The molecule has 11 heavy (non-hydrogen) atoms. The van der Waals surface area contributed by atoms with Crippen LogP contribution >= 0.6 is 11.3 Å². The van der Waals surface area contributed by atoms with Crippen LogP contribution in [0.15, 0.2) is 11.7 Å². The Kier molecular flexibility index (Phi) is 2.90. The van der Waals surface area contributed by atoms with E-state index in [1.807, 2.05) is 0 Å². The van der Waals surface area contributed by atoms with Crippen LogP contribution in [0.2, 0.25) is 0 Å². The lowest BCUT2D eigenvalue weighted by Crippen LogP contribution is -2.18. The van der Waals surface area contributed by atoms with Gasteiger partial charge in [0, 0.05) is 17.6 Å². The zero-order valence-corrected chi connectivity index (χ0v) is 6.52. The van der Waals surface area contributed by atoms with Crippen molar-refractivity contribution in [1.29, 1.82) is 0 Å². The van der Waals surface area contributed by atoms with Gasteiger partial charge in [-0.15, -0.1) is 11.3 Å². The summed E-state index contributed by atoms with van der Waals surface area (Å²) in [6.07, 6.45) is -0.950. The normalized spacial score (nSPS) is 13.8. The monoisotopic (exact) mass is 178 g/mol. The molecule has 0 bridgehead atoms. The third kappa shape index (κ3) is 1.94. The first-order chi connectivity index (χ1) is 5.25. The maximum atomic E-state index is 12.2. The average Bonchev–Trinajstić information content (AvgIpc) is 2.40. The minimum Gasteiger partial charge on any atom is -0.330 e. The Labute approximate surface area is 67.1 Å². The van der Waals surface area contributed by atoms with Gasteiger partial charge in [0.15, 0.2) is 0 Å². The van der Waals surface area contributed by atoms with Crippen LogP contribution in [-0.4, -0.2) is 18.0 Å². The van der Waals surface area contributed by atoms with Crippen molar-refractivity contribution in [2.75, 3.05) is 6.54 Å². The summed E-state index contributed by atoms with van der Waals surface area (Å²) < 4.78 is 24.3. The molecule has 1 atom stereocenters. The molecule has 0 spiro atoms. The van der Waals surface area contributed by atoms with E-state index in [0.717, 1.165) is 0 Å². The molecule has 0 saturated carbocycles. The van der Waals surface area contributed by atoms with E-state index in [1.54, 1.807) is 0 Å². The summed E-state index contributed by atoms with van der Waals surface area (Å²) in [5.41, 5.74) is 6.69. The van der Waals surface area contributed by atoms with E-state index in [0.29, 0.717) is 4.88 Å². The van der Waals surface area contributed by atoms with Gasteiger partial charge in [-0.3, -0.25) is 4.98 Å². The molecule has 62 valence electrons. The number of hydrogen-bond donors (Lipinski definition) is 1. The first-order valence-corrected chi connectivity index (χ1v) is 4.00. The van der Waals surface area contributed by atoms with Crippen molar-refractivity contribution in [3.8, 4) is 0 Å². The lowest BCUT2D eigenvalue weighted by atomic mass is 10.1. The van der Waals surface area contributed by atoms with Gasteiger partial charge in [0.2, 0.25) is 6.43 Å².